The van der Waals surface area contributed by atoms with Crippen LogP contribution in [0, 0.1) is 0 Å². The van der Waals surface area contributed by atoms with Crippen molar-refractivity contribution in [3.05, 3.63) is 113 Å². The van der Waals surface area contributed by atoms with Gasteiger partial charge >= 0.3 is 5.97 Å². The average Bonchev–Trinajstić information content (AvgIpc) is 3.39. The summed E-state index contributed by atoms with van der Waals surface area (Å²) in [6, 6.07) is 16.1. The number of benzene rings is 3. The van der Waals surface area contributed by atoms with Crippen LogP contribution < -0.4 is 9.64 Å². The first-order valence-corrected chi connectivity index (χ1v) is 26.1. The number of hydrogen-bond acceptors (Lipinski definition) is 15. The fraction of sp³-hybridized carbons (Fsp3) is 0.349. The largest absolute Gasteiger partial charge is 0.748 e. The summed E-state index contributed by atoms with van der Waals surface area (Å²) >= 11 is 0. The third kappa shape index (κ3) is 11.4. The van der Waals surface area contributed by atoms with Gasteiger partial charge < -0.3 is 33.0 Å². The lowest BCUT2D eigenvalue weighted by Crippen LogP contribution is -2.46. The molecule has 3 aromatic rings. The molecule has 64 heavy (non-hydrogen) atoms. The zero-order chi connectivity index (χ0) is 47.0. The molecule has 0 radical (unpaired) electrons. The van der Waals surface area contributed by atoms with E-state index >= 15 is 0 Å². The van der Waals surface area contributed by atoms with Crippen molar-refractivity contribution in [1.29, 1.82) is 0 Å². The zero-order valence-electron chi connectivity index (χ0n) is 34.9. The maximum atomic E-state index is 12.3. The smallest absolute Gasteiger partial charge is 0.303 e. The van der Waals surface area contributed by atoms with E-state index in [1.165, 1.54) is 12.1 Å². The van der Waals surface area contributed by atoms with E-state index in [2.05, 4.69) is 0 Å². The van der Waals surface area contributed by atoms with Crippen LogP contribution in [-0.4, -0.2) is 109 Å². The van der Waals surface area contributed by atoms with E-state index in [4.69, 9.17) is 4.74 Å². The molecular weight excluding hydrogens is 913 g/mol. The van der Waals surface area contributed by atoms with E-state index < -0.39 is 79.5 Å². The highest BCUT2D eigenvalue weighted by molar-refractivity contribution is 7.86. The molecule has 0 spiro atoms. The topological polar surface area (TPSA) is 282 Å². The second kappa shape index (κ2) is 18.1. The van der Waals surface area contributed by atoms with Gasteiger partial charge in [0, 0.05) is 77.0 Å². The van der Waals surface area contributed by atoms with Crippen LogP contribution in [0.4, 0.5) is 11.4 Å². The van der Waals surface area contributed by atoms with Crippen molar-refractivity contribution < 1.29 is 71.1 Å². The molecule has 344 valence electrons. The van der Waals surface area contributed by atoms with Gasteiger partial charge in [-0.05, 0) is 75.5 Å². The number of rotatable bonds is 18. The highest BCUT2D eigenvalue weighted by atomic mass is 32.2. The minimum absolute atomic E-state index is 0.0328. The minimum atomic E-state index is -4.94. The van der Waals surface area contributed by atoms with Gasteiger partial charge in [0.25, 0.3) is 0 Å². The number of aliphatic carboxylic acids is 1. The average molecular weight is 958 g/mol. The zero-order valence-corrected chi connectivity index (χ0v) is 38.2. The minimum Gasteiger partial charge on any atom is -0.748 e. The lowest BCUT2D eigenvalue weighted by Gasteiger charge is -2.44. The third-order valence-corrected chi connectivity index (χ3v) is 14.4. The first-order chi connectivity index (χ1) is 29.7. The molecule has 6 rings (SSSR count). The molecule has 21 heteroatoms. The number of nitrogens with zero attached hydrogens (tertiary/aromatic N) is 2. The van der Waals surface area contributed by atoms with Crippen LogP contribution in [0.25, 0.3) is 16.9 Å². The van der Waals surface area contributed by atoms with Crippen molar-refractivity contribution >= 4 is 80.4 Å². The quantitative estimate of drug-likeness (QED) is 0.134. The number of carbonyl (C=O) groups is 1. The Bertz CT molecular complexity index is 2990. The van der Waals surface area contributed by atoms with Crippen LogP contribution in [0.1, 0.15) is 75.1 Å². The van der Waals surface area contributed by atoms with E-state index in [9.17, 15) is 61.8 Å². The van der Waals surface area contributed by atoms with Crippen LogP contribution in [0.15, 0.2) is 95.9 Å². The van der Waals surface area contributed by atoms with E-state index in [-0.39, 0.29) is 50.8 Å². The second-order valence-electron chi connectivity index (χ2n) is 16.5. The van der Waals surface area contributed by atoms with Gasteiger partial charge in [-0.25, -0.2) is 33.7 Å². The Labute approximate surface area is 372 Å². The molecule has 0 aliphatic carbocycles. The van der Waals surface area contributed by atoms with Gasteiger partial charge in [0.15, 0.2) is 5.71 Å². The molecule has 0 amide bonds. The number of carboxylic acid groups (broad SMARTS) is 1. The molecule has 0 saturated heterocycles. The Kier molecular flexibility index (Phi) is 13.7. The predicted molar refractivity (Wildman–Crippen MR) is 234 cm³/mol. The molecule has 0 bridgehead atoms. The maximum absolute atomic E-state index is 12.3. The molecule has 3 aliphatic rings. The molecule has 0 fully saturated rings. The molecule has 1 N–H and O–H groups in total. The second-order valence-corrected chi connectivity index (χ2v) is 22.3. The number of hydrogen-bond donors (Lipinski definition) is 1. The molecule has 1 unspecified atom stereocenters. The molecular formula is C43H45N2O15S4-3. The lowest BCUT2D eigenvalue weighted by atomic mass is 9.75. The SMILES string of the molecule is CC1(CCCC(=O)O)C(C=CC=C2C=C(c3ccccc3)Oc3cc4c(cc32)C(CS(=O)(=O)[O-])=CC(C)(C)N4CCCS(=O)(=O)[O-])=[N+](CCCS(=O)(=O)[O-])c2ccc(S(=O)(=O)[O-])cc21. The van der Waals surface area contributed by atoms with Crippen molar-refractivity contribution in [3.63, 3.8) is 0 Å². The Morgan fingerprint density at radius 2 is 1.50 bits per heavy atom. The summed E-state index contributed by atoms with van der Waals surface area (Å²) in [4.78, 5) is 12.9. The van der Waals surface area contributed by atoms with E-state index in [1.54, 1.807) is 84.9 Å². The Hall–Kier alpha value is -5.00. The lowest BCUT2D eigenvalue weighted by molar-refractivity contribution is -0.437. The van der Waals surface area contributed by atoms with Crippen LogP contribution in [0.2, 0.25) is 0 Å². The van der Waals surface area contributed by atoms with Crippen molar-refractivity contribution in [2.24, 2.45) is 0 Å². The Morgan fingerprint density at radius 1 is 0.828 bits per heavy atom. The monoisotopic (exact) mass is 957 g/mol. The fourth-order valence-electron chi connectivity index (χ4n) is 8.55. The molecule has 3 heterocycles. The van der Waals surface area contributed by atoms with E-state index in [1.807, 2.05) is 18.2 Å². The Morgan fingerprint density at radius 3 is 2.12 bits per heavy atom. The summed E-state index contributed by atoms with van der Waals surface area (Å²) in [6.07, 6.45) is 8.20. The highest BCUT2D eigenvalue weighted by Gasteiger charge is 2.47. The van der Waals surface area contributed by atoms with Crippen molar-refractivity contribution in [2.45, 2.75) is 68.7 Å². The van der Waals surface area contributed by atoms with Crippen molar-refractivity contribution in [3.8, 4) is 5.75 Å². The first-order valence-electron chi connectivity index (χ1n) is 19.9. The summed E-state index contributed by atoms with van der Waals surface area (Å²) in [5.41, 5.74) is 1.75. The molecule has 0 saturated carbocycles. The summed E-state index contributed by atoms with van der Waals surface area (Å²) in [7, 11) is -19.0. The van der Waals surface area contributed by atoms with Crippen molar-refractivity contribution in [1.82, 2.24) is 0 Å². The number of carboxylic acids is 1. The van der Waals surface area contributed by atoms with Crippen LogP contribution in [0.5, 0.6) is 5.75 Å². The third-order valence-electron chi connectivity index (χ3n) is 11.3. The highest BCUT2D eigenvalue weighted by Crippen LogP contribution is 2.48. The van der Waals surface area contributed by atoms with Crippen LogP contribution in [0.3, 0.4) is 0 Å². The summed E-state index contributed by atoms with van der Waals surface area (Å²) in [6.45, 7) is 5.28. The normalized spacial score (nSPS) is 19.2. The maximum Gasteiger partial charge on any atom is 0.303 e. The number of anilines is 1. The van der Waals surface area contributed by atoms with Gasteiger partial charge in [-0.15, -0.1) is 0 Å². The first kappa shape index (κ1) is 48.5. The van der Waals surface area contributed by atoms with Gasteiger partial charge in [-0.2, -0.15) is 4.58 Å². The molecule has 3 aromatic carbocycles. The van der Waals surface area contributed by atoms with Crippen LogP contribution in [-0.2, 0) is 50.7 Å². The molecule has 3 aliphatic heterocycles. The van der Waals surface area contributed by atoms with Gasteiger partial charge in [0.1, 0.15) is 28.2 Å². The summed E-state index contributed by atoms with van der Waals surface area (Å²) < 4.78 is 151. The number of ether oxygens (including phenoxy) is 1. The Balaban J connectivity index is 1.54. The van der Waals surface area contributed by atoms with Gasteiger partial charge in [0.2, 0.25) is 5.69 Å². The van der Waals surface area contributed by atoms with E-state index in [0.29, 0.717) is 56.4 Å². The van der Waals surface area contributed by atoms with E-state index in [0.717, 1.165) is 6.07 Å². The number of fused-ring (bicyclic) bond motifs is 3. The molecule has 0 aromatic heterocycles. The standard InChI is InChI=1S/C43H48N2O15S4/c1-42(2)27-31(28-63(54,55)56)33-25-34-30(23-38(29-11-5-4-6-12-29)60-39(34)26-37(33)45(42)20-10-22-62(51,52)53)13-7-14-40-43(3,18-8-15-41(46)47)35-24-32(64(57,58)59)16-17-36(35)44(40)19-9-21-61(48,49)50/h4-7,11-14,16-17,23-27H,8-10,15,18-22,28H2,1-3H3,(H4-,46,47,48,49,50,51,52,53,54,55,56,57,58,59)/p-3. The van der Waals surface area contributed by atoms with Gasteiger partial charge in [-0.1, -0.05) is 48.6 Å². The molecule has 1 atom stereocenters. The summed E-state index contributed by atoms with van der Waals surface area (Å²) in [5, 5.41) is 9.50. The fourth-order valence-corrected chi connectivity index (χ4v) is 10.6. The van der Waals surface area contributed by atoms with Gasteiger partial charge in [0.05, 0.1) is 52.0 Å². The molecule has 17 nitrogen and oxygen atoms in total. The van der Waals surface area contributed by atoms with Crippen molar-refractivity contribution in [2.75, 3.05) is 35.2 Å². The predicted octanol–water partition coefficient (Wildman–Crippen LogP) is 4.67. The van der Waals surface area contributed by atoms with Gasteiger partial charge in [-0.3, -0.25) is 4.79 Å². The summed E-state index contributed by atoms with van der Waals surface area (Å²) in [5.74, 6) is -2.61. The van der Waals surface area contributed by atoms with Crippen LogP contribution >= 0.6 is 0 Å². The number of allylic oxidation sites excluding steroid dienone is 5.